The van der Waals surface area contributed by atoms with Crippen molar-refractivity contribution in [3.8, 4) is 5.69 Å². The highest BCUT2D eigenvalue weighted by Gasteiger charge is 2.11. The Labute approximate surface area is 153 Å². The molecule has 0 aliphatic heterocycles. The van der Waals surface area contributed by atoms with E-state index in [2.05, 4.69) is 40.9 Å². The van der Waals surface area contributed by atoms with Gasteiger partial charge in [-0.25, -0.2) is 9.38 Å². The van der Waals surface area contributed by atoms with Gasteiger partial charge in [-0.05, 0) is 48.9 Å². The summed E-state index contributed by atoms with van der Waals surface area (Å²) < 4.78 is 4.53. The van der Waals surface area contributed by atoms with Crippen molar-refractivity contribution in [2.75, 3.05) is 0 Å². The largest absolute Gasteiger partial charge is 0.321 e. The van der Waals surface area contributed by atoms with Crippen molar-refractivity contribution in [3.05, 3.63) is 93.0 Å². The van der Waals surface area contributed by atoms with Gasteiger partial charge in [0.25, 0.3) is 5.56 Å². The maximum atomic E-state index is 12.9. The van der Waals surface area contributed by atoms with Gasteiger partial charge in [0, 0.05) is 17.6 Å². The second-order valence-electron chi connectivity index (χ2n) is 6.25. The van der Waals surface area contributed by atoms with Crippen molar-refractivity contribution >= 4 is 33.4 Å². The molecule has 0 N–H and O–H groups in total. The summed E-state index contributed by atoms with van der Waals surface area (Å²) in [5.41, 5.74) is 4.96. The average Bonchev–Trinajstić information content (AvgIpc) is 3.29. The number of para-hydroxylation sites is 3. The summed E-state index contributed by atoms with van der Waals surface area (Å²) in [6, 6.07) is 20.0. The van der Waals surface area contributed by atoms with Crippen LogP contribution in [0, 0.1) is 6.92 Å². The van der Waals surface area contributed by atoms with Gasteiger partial charge in [0.2, 0.25) is 0 Å². The number of benzene rings is 2. The summed E-state index contributed by atoms with van der Waals surface area (Å²) in [6.45, 7) is 2.07. The molecule has 0 fully saturated rings. The van der Waals surface area contributed by atoms with Crippen molar-refractivity contribution in [1.29, 1.82) is 0 Å². The van der Waals surface area contributed by atoms with Crippen molar-refractivity contribution in [1.82, 2.24) is 14.0 Å². The normalized spacial score (nSPS) is 12.4. The van der Waals surface area contributed by atoms with Crippen LogP contribution in [0.15, 0.2) is 71.7 Å². The molecule has 0 aliphatic rings. The molecule has 2 aromatic carbocycles. The van der Waals surface area contributed by atoms with Crippen LogP contribution < -0.4 is 10.1 Å². The zero-order valence-electron chi connectivity index (χ0n) is 14.1. The van der Waals surface area contributed by atoms with E-state index in [9.17, 15) is 4.79 Å². The van der Waals surface area contributed by atoms with E-state index in [0.29, 0.717) is 4.53 Å². The summed E-state index contributed by atoms with van der Waals surface area (Å²) in [5, 5.41) is 0. The number of nitrogens with zero attached hydrogens (tertiary/aromatic N) is 3. The Morgan fingerprint density at radius 2 is 1.81 bits per heavy atom. The van der Waals surface area contributed by atoms with Crippen LogP contribution in [0.2, 0.25) is 0 Å². The van der Waals surface area contributed by atoms with Crippen molar-refractivity contribution in [3.63, 3.8) is 0 Å². The van der Waals surface area contributed by atoms with Crippen LogP contribution in [-0.2, 0) is 0 Å². The molecule has 0 bridgehead atoms. The van der Waals surface area contributed by atoms with Gasteiger partial charge in [-0.15, -0.1) is 0 Å². The zero-order chi connectivity index (χ0) is 17.7. The fourth-order valence-corrected chi connectivity index (χ4v) is 4.29. The predicted octanol–water partition coefficient (Wildman–Crippen LogP) is 3.56. The maximum Gasteiger partial charge on any atom is 0.274 e. The van der Waals surface area contributed by atoms with E-state index >= 15 is 0 Å². The number of imidazole rings is 1. The maximum absolute atomic E-state index is 12.9. The molecule has 0 saturated heterocycles. The van der Waals surface area contributed by atoms with Crippen LogP contribution in [-0.4, -0.2) is 14.0 Å². The van der Waals surface area contributed by atoms with Gasteiger partial charge < -0.3 is 4.57 Å². The van der Waals surface area contributed by atoms with Crippen molar-refractivity contribution in [2.45, 2.75) is 6.92 Å². The number of hydrogen-bond donors (Lipinski definition) is 0. The summed E-state index contributed by atoms with van der Waals surface area (Å²) >= 11 is 1.43. The molecule has 5 rings (SSSR count). The molecule has 3 heterocycles. The molecule has 0 spiro atoms. The van der Waals surface area contributed by atoms with Crippen LogP contribution in [0.4, 0.5) is 0 Å². The Morgan fingerprint density at radius 3 is 2.65 bits per heavy atom. The van der Waals surface area contributed by atoms with Crippen LogP contribution in [0.5, 0.6) is 0 Å². The molecule has 0 aliphatic carbocycles. The Kier molecular flexibility index (Phi) is 3.30. The fourth-order valence-electron chi connectivity index (χ4n) is 3.31. The quantitative estimate of drug-likeness (QED) is 0.485. The Balaban J connectivity index is 1.68. The molecule has 5 aromatic rings. The second-order valence-corrected chi connectivity index (χ2v) is 7.26. The molecule has 0 radical (unpaired) electrons. The fraction of sp³-hybridized carbons (Fsp3) is 0.0476. The number of aromatic nitrogens is 3. The van der Waals surface area contributed by atoms with Gasteiger partial charge in [0.1, 0.15) is 0 Å². The van der Waals surface area contributed by atoms with E-state index in [-0.39, 0.29) is 5.56 Å². The lowest BCUT2D eigenvalue weighted by molar-refractivity contribution is 1.02. The highest BCUT2D eigenvalue weighted by molar-refractivity contribution is 7.15. The van der Waals surface area contributed by atoms with Gasteiger partial charge in [0.05, 0.1) is 15.6 Å². The lowest BCUT2D eigenvalue weighted by Gasteiger charge is -2.04. The van der Waals surface area contributed by atoms with E-state index < -0.39 is 0 Å². The third kappa shape index (κ3) is 2.29. The molecule has 3 aromatic heterocycles. The van der Waals surface area contributed by atoms with Crippen molar-refractivity contribution in [2.24, 2.45) is 0 Å². The molecule has 126 valence electrons. The van der Waals surface area contributed by atoms with Gasteiger partial charge in [-0.3, -0.25) is 4.79 Å². The van der Waals surface area contributed by atoms with Crippen LogP contribution in [0.25, 0.3) is 27.8 Å². The summed E-state index contributed by atoms with van der Waals surface area (Å²) in [4.78, 5) is 18.2. The van der Waals surface area contributed by atoms with Crippen LogP contribution >= 0.6 is 11.3 Å². The number of hydrogen-bond acceptors (Lipinski definition) is 3. The molecular formula is C21H15N3OS. The first-order chi connectivity index (χ1) is 12.7. The molecule has 26 heavy (non-hydrogen) atoms. The van der Waals surface area contributed by atoms with Gasteiger partial charge in [-0.2, -0.15) is 0 Å². The molecule has 4 nitrogen and oxygen atoms in total. The minimum Gasteiger partial charge on any atom is -0.321 e. The molecule has 0 amide bonds. The van der Waals surface area contributed by atoms with Crippen molar-refractivity contribution < 1.29 is 0 Å². The first kappa shape index (κ1) is 15.1. The number of thiazole rings is 1. The second kappa shape index (κ2) is 5.68. The minimum absolute atomic E-state index is 0.0104. The van der Waals surface area contributed by atoms with Crippen LogP contribution in [0.1, 0.15) is 11.3 Å². The molecule has 0 unspecified atom stereocenters. The van der Waals surface area contributed by atoms with Crippen LogP contribution in [0.3, 0.4) is 0 Å². The molecular weight excluding hydrogens is 342 g/mol. The number of fused-ring (bicyclic) bond motifs is 3. The summed E-state index contributed by atoms with van der Waals surface area (Å²) in [7, 11) is 0. The first-order valence-corrected chi connectivity index (χ1v) is 9.18. The first-order valence-electron chi connectivity index (χ1n) is 8.37. The minimum atomic E-state index is -0.0104. The van der Waals surface area contributed by atoms with E-state index in [1.165, 1.54) is 11.3 Å². The number of aryl methyl sites for hydroxylation is 1. The summed E-state index contributed by atoms with van der Waals surface area (Å²) in [5.74, 6) is 0. The molecule has 0 atom stereocenters. The SMILES string of the molecule is Cc1cc(/C=c2/sc3nc4ccccc4n3c2=O)cn1-c1ccccc1. The molecule has 0 saturated carbocycles. The molecule has 5 heteroatoms. The van der Waals surface area contributed by atoms with E-state index in [4.69, 9.17) is 0 Å². The Bertz CT molecular complexity index is 1360. The third-order valence-electron chi connectivity index (χ3n) is 4.51. The lowest BCUT2D eigenvalue weighted by Crippen LogP contribution is -2.22. The van der Waals surface area contributed by atoms with E-state index in [1.54, 1.807) is 4.40 Å². The third-order valence-corrected chi connectivity index (χ3v) is 5.48. The Hall–Kier alpha value is -3.18. The summed E-state index contributed by atoms with van der Waals surface area (Å²) in [6.07, 6.45) is 4.01. The van der Waals surface area contributed by atoms with Gasteiger partial charge in [-0.1, -0.05) is 41.7 Å². The lowest BCUT2D eigenvalue weighted by atomic mass is 10.3. The number of rotatable bonds is 2. The van der Waals surface area contributed by atoms with Gasteiger partial charge in [0.15, 0.2) is 4.96 Å². The van der Waals surface area contributed by atoms with E-state index in [1.807, 2.05) is 48.5 Å². The predicted molar refractivity (Wildman–Crippen MR) is 106 cm³/mol. The van der Waals surface area contributed by atoms with Gasteiger partial charge >= 0.3 is 0 Å². The standard InChI is InChI=1S/C21H15N3OS/c1-14-11-15(13-23(14)16-7-3-2-4-8-16)12-19-20(25)24-18-10-6-5-9-17(18)22-21(24)26-19/h2-13H,1H3/b19-12+. The Morgan fingerprint density at radius 1 is 1.04 bits per heavy atom. The van der Waals surface area contributed by atoms with E-state index in [0.717, 1.165) is 32.9 Å². The monoisotopic (exact) mass is 357 g/mol. The highest BCUT2D eigenvalue weighted by Crippen LogP contribution is 2.17. The topological polar surface area (TPSA) is 39.3 Å². The zero-order valence-corrected chi connectivity index (χ0v) is 14.9. The smallest absolute Gasteiger partial charge is 0.274 e. The average molecular weight is 357 g/mol. The highest BCUT2D eigenvalue weighted by atomic mass is 32.1.